The number of hydrogen-bond acceptors (Lipinski definition) is 6. The predicted molar refractivity (Wildman–Crippen MR) is 155 cm³/mol. The van der Waals surface area contributed by atoms with Crippen molar-refractivity contribution in [1.29, 1.82) is 0 Å². The topological polar surface area (TPSA) is 71.0 Å². The number of amidine groups is 1. The van der Waals surface area contributed by atoms with Crippen LogP contribution < -0.4 is 5.32 Å². The first-order valence-corrected chi connectivity index (χ1v) is 14.0. The zero-order valence-corrected chi connectivity index (χ0v) is 22.9. The van der Waals surface area contributed by atoms with E-state index in [0.717, 1.165) is 35.0 Å². The van der Waals surface area contributed by atoms with E-state index in [9.17, 15) is 9.59 Å². The van der Waals surface area contributed by atoms with E-state index in [0.29, 0.717) is 32.6 Å². The lowest BCUT2D eigenvalue weighted by Crippen LogP contribution is -2.42. The Morgan fingerprint density at radius 1 is 1.05 bits per heavy atom. The summed E-state index contributed by atoms with van der Waals surface area (Å²) in [6, 6.07) is 21.6. The molecule has 3 aromatic carbocycles. The summed E-state index contributed by atoms with van der Waals surface area (Å²) >= 11 is 13.7. The minimum absolute atomic E-state index is 0.266. The van der Waals surface area contributed by atoms with E-state index in [2.05, 4.69) is 10.2 Å². The van der Waals surface area contributed by atoms with Crippen LogP contribution in [-0.2, 0) is 9.53 Å². The van der Waals surface area contributed by atoms with Crippen molar-refractivity contribution in [2.24, 2.45) is 4.99 Å². The van der Waals surface area contributed by atoms with Crippen molar-refractivity contribution in [2.75, 3.05) is 24.2 Å². The summed E-state index contributed by atoms with van der Waals surface area (Å²) in [7, 11) is 0. The molecule has 6 nitrogen and oxygen atoms in total. The number of carbonyl (C=O) groups excluding carboxylic acids is 2. The van der Waals surface area contributed by atoms with Gasteiger partial charge >= 0.3 is 5.97 Å². The quantitative estimate of drug-likeness (QED) is 0.323. The zero-order chi connectivity index (χ0) is 26.6. The van der Waals surface area contributed by atoms with E-state index in [-0.39, 0.29) is 24.5 Å². The zero-order valence-electron chi connectivity index (χ0n) is 20.6. The van der Waals surface area contributed by atoms with Gasteiger partial charge in [-0.1, -0.05) is 77.4 Å². The summed E-state index contributed by atoms with van der Waals surface area (Å²) in [5.74, 6) is 0.291. The third-order valence-corrected chi connectivity index (χ3v) is 8.09. The number of anilines is 1. The van der Waals surface area contributed by atoms with E-state index >= 15 is 0 Å². The molecule has 1 amide bonds. The highest BCUT2D eigenvalue weighted by Gasteiger charge is 2.39. The normalized spacial score (nSPS) is 17.0. The average molecular weight is 567 g/mol. The second kappa shape index (κ2) is 11.6. The number of esters is 1. The lowest BCUT2D eigenvalue weighted by atomic mass is 9.91. The molecule has 2 aliphatic rings. The number of rotatable bonds is 6. The smallest absolute Gasteiger partial charge is 0.338 e. The van der Waals surface area contributed by atoms with Gasteiger partial charge in [0.05, 0.1) is 34.0 Å². The van der Waals surface area contributed by atoms with Crippen LogP contribution in [0.15, 0.2) is 83.4 Å². The van der Waals surface area contributed by atoms with Crippen LogP contribution in [0, 0.1) is 0 Å². The van der Waals surface area contributed by atoms with Crippen LogP contribution in [0.5, 0.6) is 0 Å². The van der Waals surface area contributed by atoms with Gasteiger partial charge in [0.25, 0.3) is 5.91 Å². The molecule has 1 fully saturated rings. The molecule has 194 valence electrons. The van der Waals surface area contributed by atoms with E-state index in [4.69, 9.17) is 32.9 Å². The van der Waals surface area contributed by atoms with Crippen molar-refractivity contribution >= 4 is 63.4 Å². The fourth-order valence-corrected chi connectivity index (χ4v) is 5.80. The fourth-order valence-electron chi connectivity index (χ4n) is 4.52. The number of carbonyl (C=O) groups is 2. The monoisotopic (exact) mass is 565 g/mol. The Bertz CT molecular complexity index is 1420. The molecule has 2 aliphatic heterocycles. The van der Waals surface area contributed by atoms with Crippen molar-refractivity contribution < 1.29 is 14.3 Å². The second-order valence-corrected chi connectivity index (χ2v) is 10.6. The number of fused-ring (bicyclic) bond motifs is 1. The predicted octanol–water partition coefficient (Wildman–Crippen LogP) is 7.07. The molecule has 3 aromatic rings. The van der Waals surface area contributed by atoms with Gasteiger partial charge in [0, 0.05) is 29.1 Å². The first kappa shape index (κ1) is 26.4. The SMILES string of the molecule is CCOC(=O)C1=C(c2ccccc2)N=C2SCCCN2C1c1ccc(NC(=O)c2ccc(Cl)c(Cl)c2)cc1. The maximum absolute atomic E-state index is 13.4. The minimum atomic E-state index is -0.383. The number of nitrogens with one attached hydrogen (secondary N) is 1. The van der Waals surface area contributed by atoms with Crippen LogP contribution in [0.2, 0.25) is 10.0 Å². The highest BCUT2D eigenvalue weighted by molar-refractivity contribution is 8.13. The fraction of sp³-hybridized carbons (Fsp3) is 0.207. The molecule has 0 radical (unpaired) electrons. The Morgan fingerprint density at radius 3 is 2.53 bits per heavy atom. The molecule has 1 unspecified atom stereocenters. The van der Waals surface area contributed by atoms with Crippen molar-refractivity contribution in [3.05, 3.63) is 105 Å². The van der Waals surface area contributed by atoms with E-state index < -0.39 is 0 Å². The second-order valence-electron chi connectivity index (χ2n) is 8.75. The number of amides is 1. The van der Waals surface area contributed by atoms with Gasteiger partial charge in [0.1, 0.15) is 0 Å². The third kappa shape index (κ3) is 5.46. The van der Waals surface area contributed by atoms with Crippen LogP contribution >= 0.6 is 35.0 Å². The summed E-state index contributed by atoms with van der Waals surface area (Å²) in [5.41, 5.74) is 3.94. The van der Waals surface area contributed by atoms with Crippen LogP contribution in [0.1, 0.15) is 40.9 Å². The highest BCUT2D eigenvalue weighted by atomic mass is 35.5. The number of halogens is 2. The molecule has 1 saturated heterocycles. The van der Waals surface area contributed by atoms with Crippen LogP contribution in [0.4, 0.5) is 5.69 Å². The summed E-state index contributed by atoms with van der Waals surface area (Å²) in [5, 5.41) is 4.49. The molecule has 0 spiro atoms. The van der Waals surface area contributed by atoms with Gasteiger partial charge in [-0.3, -0.25) is 4.79 Å². The minimum Gasteiger partial charge on any atom is -0.463 e. The van der Waals surface area contributed by atoms with Crippen molar-refractivity contribution in [1.82, 2.24) is 4.90 Å². The Labute approximate surface area is 235 Å². The molecule has 0 aromatic heterocycles. The lowest BCUT2D eigenvalue weighted by molar-refractivity contribution is -0.139. The Kier molecular flexibility index (Phi) is 8.07. The largest absolute Gasteiger partial charge is 0.463 e. The number of aliphatic imine (C=N–C) groups is 1. The van der Waals surface area contributed by atoms with Crippen LogP contribution in [0.25, 0.3) is 5.70 Å². The molecule has 1 N–H and O–H groups in total. The van der Waals surface area contributed by atoms with Gasteiger partial charge in [0.15, 0.2) is 5.17 Å². The standard InChI is InChI=1S/C29H25Cl2N3O3S/c1-2-37-28(36)24-25(18-7-4-3-5-8-18)33-29-34(15-6-16-38-29)26(24)19-9-12-21(13-10-19)32-27(35)20-11-14-22(30)23(31)17-20/h3-5,7-14,17,26H,2,6,15-16H2,1H3,(H,32,35). The molecule has 9 heteroatoms. The van der Waals surface area contributed by atoms with Gasteiger partial charge in [-0.25, -0.2) is 9.79 Å². The maximum Gasteiger partial charge on any atom is 0.338 e. The molecule has 0 aliphatic carbocycles. The summed E-state index contributed by atoms with van der Waals surface area (Å²) in [4.78, 5) is 33.3. The van der Waals surface area contributed by atoms with Gasteiger partial charge in [0.2, 0.25) is 0 Å². The molecule has 2 heterocycles. The van der Waals surface area contributed by atoms with Gasteiger partial charge in [-0.05, 0) is 49.2 Å². The summed E-state index contributed by atoms with van der Waals surface area (Å²) in [6.07, 6.45) is 0.981. The Morgan fingerprint density at radius 2 is 1.82 bits per heavy atom. The van der Waals surface area contributed by atoms with E-state index in [1.165, 1.54) is 6.07 Å². The molecule has 38 heavy (non-hydrogen) atoms. The van der Waals surface area contributed by atoms with Crippen LogP contribution in [-0.4, -0.2) is 40.8 Å². The number of benzene rings is 3. The number of hydrogen-bond donors (Lipinski definition) is 1. The molecule has 1 atom stereocenters. The van der Waals surface area contributed by atoms with Gasteiger partial charge in [-0.2, -0.15) is 0 Å². The third-order valence-electron chi connectivity index (χ3n) is 6.28. The summed E-state index contributed by atoms with van der Waals surface area (Å²) in [6.45, 7) is 2.84. The molecule has 0 saturated carbocycles. The molecular weight excluding hydrogens is 541 g/mol. The molecular formula is C29H25Cl2N3O3S. The lowest BCUT2D eigenvalue weighted by Gasteiger charge is -2.41. The summed E-state index contributed by atoms with van der Waals surface area (Å²) < 4.78 is 5.53. The first-order valence-electron chi connectivity index (χ1n) is 12.3. The Hall–Kier alpha value is -3.26. The molecule has 0 bridgehead atoms. The van der Waals surface area contributed by atoms with Crippen molar-refractivity contribution in [3.63, 3.8) is 0 Å². The number of thioether (sulfide) groups is 1. The van der Waals surface area contributed by atoms with Crippen molar-refractivity contribution in [3.8, 4) is 0 Å². The number of nitrogens with zero attached hydrogens (tertiary/aromatic N) is 2. The van der Waals surface area contributed by atoms with Gasteiger partial charge < -0.3 is 15.0 Å². The highest BCUT2D eigenvalue weighted by Crippen LogP contribution is 2.43. The van der Waals surface area contributed by atoms with E-state index in [1.807, 2.05) is 54.6 Å². The van der Waals surface area contributed by atoms with Crippen LogP contribution in [0.3, 0.4) is 0 Å². The van der Waals surface area contributed by atoms with Crippen molar-refractivity contribution in [2.45, 2.75) is 19.4 Å². The maximum atomic E-state index is 13.4. The first-order chi connectivity index (χ1) is 18.5. The number of ether oxygens (including phenoxy) is 1. The Balaban J connectivity index is 1.51. The molecule has 5 rings (SSSR count). The van der Waals surface area contributed by atoms with Gasteiger partial charge in [-0.15, -0.1) is 0 Å². The average Bonchev–Trinajstić information content (AvgIpc) is 2.94. The van der Waals surface area contributed by atoms with E-state index in [1.54, 1.807) is 30.8 Å².